The second-order valence-corrected chi connectivity index (χ2v) is 5.55. The van der Waals surface area contributed by atoms with E-state index in [-0.39, 0.29) is 16.6 Å². The molecule has 0 amide bonds. The first-order chi connectivity index (χ1) is 10.0. The second-order valence-electron chi connectivity index (χ2n) is 5.11. The van der Waals surface area contributed by atoms with Crippen molar-refractivity contribution in [3.8, 4) is 0 Å². The molecule has 1 aliphatic rings. The molecule has 0 unspecified atom stereocenters. The Kier molecular flexibility index (Phi) is 3.59. The highest BCUT2D eigenvalue weighted by molar-refractivity contribution is 7.80. The van der Waals surface area contributed by atoms with Crippen LogP contribution < -0.4 is 10.6 Å². The zero-order valence-electron chi connectivity index (χ0n) is 11.3. The van der Waals surface area contributed by atoms with Crippen LogP contribution in [0.1, 0.15) is 16.7 Å². The van der Waals surface area contributed by atoms with Crippen LogP contribution in [-0.2, 0) is 13.0 Å². The SMILES string of the molecule is NC(=S)c1cc(F)ccc1CN1CCc2ccc(F)cc21. The standard InChI is InChI=1S/C16H14F2N2S/c17-12-4-2-11(14(7-12)16(19)21)9-20-6-5-10-1-3-13(18)8-15(10)20/h1-4,7-8H,5-6,9H2,(H2,19,21). The van der Waals surface area contributed by atoms with Gasteiger partial charge in [-0.3, -0.25) is 0 Å². The zero-order chi connectivity index (χ0) is 15.0. The lowest BCUT2D eigenvalue weighted by Crippen LogP contribution is -2.23. The van der Waals surface area contributed by atoms with Crippen molar-refractivity contribution < 1.29 is 8.78 Å². The molecule has 108 valence electrons. The van der Waals surface area contributed by atoms with E-state index in [9.17, 15) is 8.78 Å². The summed E-state index contributed by atoms with van der Waals surface area (Å²) >= 11 is 4.98. The van der Waals surface area contributed by atoms with Crippen LogP contribution in [0.3, 0.4) is 0 Å². The highest BCUT2D eigenvalue weighted by Gasteiger charge is 2.21. The summed E-state index contributed by atoms with van der Waals surface area (Å²) in [5, 5.41) is 0. The average Bonchev–Trinajstić information content (AvgIpc) is 2.83. The molecule has 2 aromatic carbocycles. The number of halogens is 2. The number of hydrogen-bond acceptors (Lipinski definition) is 2. The largest absolute Gasteiger partial charge is 0.389 e. The Labute approximate surface area is 127 Å². The van der Waals surface area contributed by atoms with Crippen molar-refractivity contribution in [2.45, 2.75) is 13.0 Å². The van der Waals surface area contributed by atoms with Crippen molar-refractivity contribution in [2.75, 3.05) is 11.4 Å². The van der Waals surface area contributed by atoms with Crippen LogP contribution in [0.4, 0.5) is 14.5 Å². The third-order valence-electron chi connectivity index (χ3n) is 3.74. The second kappa shape index (κ2) is 5.41. The third kappa shape index (κ3) is 2.74. The van der Waals surface area contributed by atoms with Crippen LogP contribution in [0, 0.1) is 11.6 Å². The minimum absolute atomic E-state index is 0.170. The molecule has 0 spiro atoms. The summed E-state index contributed by atoms with van der Waals surface area (Å²) in [5.41, 5.74) is 9.05. The molecule has 0 saturated heterocycles. The quantitative estimate of drug-likeness (QED) is 0.883. The van der Waals surface area contributed by atoms with Crippen LogP contribution >= 0.6 is 12.2 Å². The smallest absolute Gasteiger partial charge is 0.125 e. The number of rotatable bonds is 3. The number of thiocarbonyl (C=S) groups is 1. The van der Waals surface area contributed by atoms with E-state index in [1.54, 1.807) is 6.07 Å². The van der Waals surface area contributed by atoms with Crippen molar-refractivity contribution in [3.05, 3.63) is 64.7 Å². The van der Waals surface area contributed by atoms with E-state index >= 15 is 0 Å². The van der Waals surface area contributed by atoms with Gasteiger partial charge in [0.05, 0.1) is 0 Å². The Morgan fingerprint density at radius 1 is 1.14 bits per heavy atom. The van der Waals surface area contributed by atoms with E-state index in [0.717, 1.165) is 29.8 Å². The molecule has 0 aromatic heterocycles. The predicted octanol–water partition coefficient (Wildman–Crippen LogP) is 3.16. The highest BCUT2D eigenvalue weighted by Crippen LogP contribution is 2.30. The number of nitrogens with two attached hydrogens (primary N) is 1. The third-order valence-corrected chi connectivity index (χ3v) is 3.96. The summed E-state index contributed by atoms with van der Waals surface area (Å²) in [7, 11) is 0. The molecule has 0 fully saturated rings. The molecule has 0 aliphatic carbocycles. The first-order valence-electron chi connectivity index (χ1n) is 6.66. The molecule has 0 radical (unpaired) electrons. The lowest BCUT2D eigenvalue weighted by Gasteiger charge is -2.21. The molecule has 2 nitrogen and oxygen atoms in total. The van der Waals surface area contributed by atoms with Gasteiger partial charge in [0, 0.05) is 24.3 Å². The normalized spacial score (nSPS) is 13.3. The number of benzene rings is 2. The number of anilines is 1. The minimum atomic E-state index is -0.366. The molecule has 1 aliphatic heterocycles. The fourth-order valence-corrected chi connectivity index (χ4v) is 2.89. The van der Waals surface area contributed by atoms with Crippen LogP contribution in [-0.4, -0.2) is 11.5 Å². The van der Waals surface area contributed by atoms with Gasteiger partial charge >= 0.3 is 0 Å². The van der Waals surface area contributed by atoms with Gasteiger partial charge in [-0.1, -0.05) is 24.4 Å². The van der Waals surface area contributed by atoms with Crippen LogP contribution in [0.25, 0.3) is 0 Å². The van der Waals surface area contributed by atoms with E-state index in [2.05, 4.69) is 4.90 Å². The van der Waals surface area contributed by atoms with Gasteiger partial charge < -0.3 is 10.6 Å². The van der Waals surface area contributed by atoms with Crippen molar-refractivity contribution in [1.29, 1.82) is 0 Å². The van der Waals surface area contributed by atoms with Gasteiger partial charge in [-0.15, -0.1) is 0 Å². The molecule has 3 rings (SSSR count). The van der Waals surface area contributed by atoms with Gasteiger partial charge in [0.2, 0.25) is 0 Å². The molecule has 2 aromatic rings. The molecule has 0 saturated carbocycles. The molecule has 21 heavy (non-hydrogen) atoms. The summed E-state index contributed by atoms with van der Waals surface area (Å²) in [6, 6.07) is 9.23. The molecule has 5 heteroatoms. The average molecular weight is 304 g/mol. The van der Waals surface area contributed by atoms with Crippen LogP contribution in [0.15, 0.2) is 36.4 Å². The van der Waals surface area contributed by atoms with E-state index in [4.69, 9.17) is 18.0 Å². The highest BCUT2D eigenvalue weighted by atomic mass is 32.1. The molecular formula is C16H14F2N2S. The molecule has 0 atom stereocenters. The Hall–Kier alpha value is -2.01. The Balaban J connectivity index is 1.93. The number of hydrogen-bond donors (Lipinski definition) is 1. The maximum atomic E-state index is 13.4. The van der Waals surface area contributed by atoms with E-state index < -0.39 is 0 Å². The Bertz CT molecular complexity index is 715. The summed E-state index contributed by atoms with van der Waals surface area (Å²) < 4.78 is 26.8. The Morgan fingerprint density at radius 2 is 1.86 bits per heavy atom. The number of fused-ring (bicyclic) bond motifs is 1. The summed E-state index contributed by atoms with van der Waals surface area (Å²) in [5.74, 6) is -0.622. The maximum Gasteiger partial charge on any atom is 0.125 e. The molecule has 1 heterocycles. The number of nitrogens with zero attached hydrogens (tertiary/aromatic N) is 1. The van der Waals surface area contributed by atoms with Gasteiger partial charge in [-0.2, -0.15) is 0 Å². The molecule has 0 bridgehead atoms. The van der Waals surface area contributed by atoms with Crippen molar-refractivity contribution in [3.63, 3.8) is 0 Å². The van der Waals surface area contributed by atoms with E-state index in [1.807, 2.05) is 6.07 Å². The van der Waals surface area contributed by atoms with Gasteiger partial charge in [-0.25, -0.2) is 8.78 Å². The lowest BCUT2D eigenvalue weighted by molar-refractivity contribution is 0.626. The monoisotopic (exact) mass is 304 g/mol. The van der Waals surface area contributed by atoms with Crippen molar-refractivity contribution in [2.24, 2.45) is 5.73 Å². The Morgan fingerprint density at radius 3 is 2.62 bits per heavy atom. The lowest BCUT2D eigenvalue weighted by atomic mass is 10.1. The van der Waals surface area contributed by atoms with Crippen molar-refractivity contribution in [1.82, 2.24) is 0 Å². The van der Waals surface area contributed by atoms with Crippen LogP contribution in [0.5, 0.6) is 0 Å². The van der Waals surface area contributed by atoms with Gasteiger partial charge in [0.25, 0.3) is 0 Å². The van der Waals surface area contributed by atoms with Gasteiger partial charge in [0.1, 0.15) is 16.6 Å². The predicted molar refractivity (Wildman–Crippen MR) is 83.4 cm³/mol. The fraction of sp³-hybridized carbons (Fsp3) is 0.188. The fourth-order valence-electron chi connectivity index (χ4n) is 2.70. The first kappa shape index (κ1) is 13.9. The molecular weight excluding hydrogens is 290 g/mol. The van der Waals surface area contributed by atoms with E-state index in [1.165, 1.54) is 24.3 Å². The van der Waals surface area contributed by atoms with Crippen molar-refractivity contribution >= 4 is 22.9 Å². The summed E-state index contributed by atoms with van der Waals surface area (Å²) in [6.07, 6.45) is 0.874. The zero-order valence-corrected chi connectivity index (χ0v) is 12.1. The summed E-state index contributed by atoms with van der Waals surface area (Å²) in [6.45, 7) is 1.33. The van der Waals surface area contributed by atoms with Gasteiger partial charge in [-0.05, 0) is 41.8 Å². The molecule has 2 N–H and O–H groups in total. The minimum Gasteiger partial charge on any atom is -0.389 e. The van der Waals surface area contributed by atoms with E-state index in [0.29, 0.717) is 12.1 Å². The van der Waals surface area contributed by atoms with Crippen LogP contribution in [0.2, 0.25) is 0 Å². The summed E-state index contributed by atoms with van der Waals surface area (Å²) in [4.78, 5) is 2.23. The maximum absolute atomic E-state index is 13.4. The van der Waals surface area contributed by atoms with Gasteiger partial charge in [0.15, 0.2) is 0 Å². The topological polar surface area (TPSA) is 29.3 Å². The first-order valence-corrected chi connectivity index (χ1v) is 7.07.